The lowest BCUT2D eigenvalue weighted by molar-refractivity contribution is -0.143. The first-order chi connectivity index (χ1) is 10.1. The van der Waals surface area contributed by atoms with E-state index in [4.69, 9.17) is 4.74 Å². The Labute approximate surface area is 123 Å². The number of halogens is 1. The molecule has 0 radical (unpaired) electrons. The quantitative estimate of drug-likeness (QED) is 0.926. The monoisotopic (exact) mass is 293 g/mol. The lowest BCUT2D eigenvalue weighted by atomic mass is 9.94. The van der Waals surface area contributed by atoms with Gasteiger partial charge in [-0.3, -0.25) is 9.69 Å². The van der Waals surface area contributed by atoms with Crippen molar-refractivity contribution in [2.75, 3.05) is 13.7 Å². The van der Waals surface area contributed by atoms with Crippen molar-refractivity contribution in [3.05, 3.63) is 29.6 Å². The van der Waals surface area contributed by atoms with Crippen molar-refractivity contribution in [3.8, 4) is 5.75 Å². The second-order valence-corrected chi connectivity index (χ2v) is 6.02. The van der Waals surface area contributed by atoms with Crippen molar-refractivity contribution >= 4 is 5.97 Å². The van der Waals surface area contributed by atoms with Gasteiger partial charge in [-0.05, 0) is 30.7 Å². The second kappa shape index (κ2) is 5.64. The Balaban J connectivity index is 1.79. The molecule has 0 amide bonds. The third-order valence-electron chi connectivity index (χ3n) is 4.87. The zero-order chi connectivity index (χ0) is 15.0. The summed E-state index contributed by atoms with van der Waals surface area (Å²) in [6, 6.07) is 4.27. The topological polar surface area (TPSA) is 49.8 Å². The smallest absolute Gasteiger partial charge is 0.321 e. The van der Waals surface area contributed by atoms with Gasteiger partial charge in [-0.2, -0.15) is 0 Å². The van der Waals surface area contributed by atoms with Crippen LogP contribution in [0.5, 0.6) is 5.75 Å². The maximum absolute atomic E-state index is 14.1. The highest BCUT2D eigenvalue weighted by Gasteiger charge is 2.47. The number of aliphatic carboxylic acids is 1. The van der Waals surface area contributed by atoms with Crippen molar-refractivity contribution in [2.45, 2.75) is 31.8 Å². The van der Waals surface area contributed by atoms with Crippen molar-refractivity contribution < 1.29 is 19.0 Å². The van der Waals surface area contributed by atoms with Crippen LogP contribution in [0.4, 0.5) is 4.39 Å². The summed E-state index contributed by atoms with van der Waals surface area (Å²) in [6.45, 7) is 1.10. The first kappa shape index (κ1) is 14.3. The summed E-state index contributed by atoms with van der Waals surface area (Å²) in [6.07, 6.45) is 3.18. The van der Waals surface area contributed by atoms with E-state index in [-0.39, 0.29) is 11.7 Å². The zero-order valence-corrected chi connectivity index (χ0v) is 12.1. The number of carboxylic acid groups (broad SMARTS) is 1. The van der Waals surface area contributed by atoms with Gasteiger partial charge in [0.1, 0.15) is 17.6 Å². The number of carboxylic acids is 1. The number of benzene rings is 1. The molecule has 1 aliphatic heterocycles. The van der Waals surface area contributed by atoms with Gasteiger partial charge in [0.2, 0.25) is 0 Å². The van der Waals surface area contributed by atoms with Crippen LogP contribution < -0.4 is 4.74 Å². The molecule has 3 rings (SSSR count). The molecule has 5 heteroatoms. The fourth-order valence-electron chi connectivity index (χ4n) is 3.90. The Kier molecular flexibility index (Phi) is 3.85. The van der Waals surface area contributed by atoms with E-state index in [2.05, 4.69) is 0 Å². The van der Waals surface area contributed by atoms with Gasteiger partial charge in [0, 0.05) is 24.7 Å². The molecule has 1 saturated carbocycles. The molecule has 0 aromatic heterocycles. The molecule has 1 saturated heterocycles. The minimum Gasteiger partial charge on any atom is -0.497 e. The van der Waals surface area contributed by atoms with Crippen LogP contribution in [0.1, 0.15) is 24.8 Å². The van der Waals surface area contributed by atoms with E-state index in [9.17, 15) is 14.3 Å². The second-order valence-electron chi connectivity index (χ2n) is 6.02. The van der Waals surface area contributed by atoms with Crippen molar-refractivity contribution in [1.82, 2.24) is 4.90 Å². The van der Waals surface area contributed by atoms with Gasteiger partial charge in [0.25, 0.3) is 0 Å². The van der Waals surface area contributed by atoms with E-state index >= 15 is 0 Å². The van der Waals surface area contributed by atoms with Crippen LogP contribution in [0.15, 0.2) is 18.2 Å². The van der Waals surface area contributed by atoms with E-state index in [0.29, 0.717) is 23.8 Å². The van der Waals surface area contributed by atoms with Gasteiger partial charge >= 0.3 is 5.97 Å². The maximum atomic E-state index is 14.1. The molecular formula is C16H20FNO3. The number of nitrogens with zero attached hydrogens (tertiary/aromatic N) is 1. The van der Waals surface area contributed by atoms with Crippen molar-refractivity contribution in [3.63, 3.8) is 0 Å². The van der Waals surface area contributed by atoms with Crippen LogP contribution in [0.2, 0.25) is 0 Å². The van der Waals surface area contributed by atoms with Crippen molar-refractivity contribution in [1.29, 1.82) is 0 Å². The Morgan fingerprint density at radius 3 is 2.95 bits per heavy atom. The number of fused-ring (bicyclic) bond motifs is 1. The number of hydrogen-bond donors (Lipinski definition) is 1. The Hall–Kier alpha value is -1.62. The zero-order valence-electron chi connectivity index (χ0n) is 12.1. The lowest BCUT2D eigenvalue weighted by Crippen LogP contribution is -2.39. The molecule has 1 heterocycles. The minimum atomic E-state index is -0.779. The van der Waals surface area contributed by atoms with E-state index in [1.165, 1.54) is 13.2 Å². The molecule has 1 N–H and O–H groups in total. The number of methoxy groups -OCH3 is 1. The summed E-state index contributed by atoms with van der Waals surface area (Å²) in [4.78, 5) is 13.5. The standard InChI is InChI=1S/C16H20FNO3/c1-21-12-6-5-11(14(17)7-12)9-18-8-10-3-2-4-13(10)15(18)16(19)20/h5-7,10,13,15H,2-4,8-9H2,1H3,(H,19,20). The third kappa shape index (κ3) is 2.62. The normalized spacial score (nSPS) is 28.6. The van der Waals surface area contributed by atoms with E-state index in [1.54, 1.807) is 12.1 Å². The van der Waals surface area contributed by atoms with Gasteiger partial charge in [-0.15, -0.1) is 0 Å². The minimum absolute atomic E-state index is 0.226. The summed E-state index contributed by atoms with van der Waals surface area (Å²) in [5.74, 6) is 0.0365. The van der Waals surface area contributed by atoms with Crippen molar-refractivity contribution in [2.24, 2.45) is 11.8 Å². The highest BCUT2D eigenvalue weighted by atomic mass is 19.1. The molecule has 1 aromatic rings. The molecule has 0 spiro atoms. The summed E-state index contributed by atoms with van der Waals surface area (Å²) in [5, 5.41) is 9.50. The molecule has 0 bridgehead atoms. The number of rotatable bonds is 4. The number of likely N-dealkylation sites (tertiary alicyclic amines) is 1. The predicted octanol–water partition coefficient (Wildman–Crippen LogP) is 2.52. The molecule has 4 nitrogen and oxygen atoms in total. The molecular weight excluding hydrogens is 273 g/mol. The van der Waals surface area contributed by atoms with Gasteiger partial charge in [-0.1, -0.05) is 12.5 Å². The Morgan fingerprint density at radius 1 is 1.48 bits per heavy atom. The highest BCUT2D eigenvalue weighted by molar-refractivity contribution is 5.74. The van der Waals surface area contributed by atoms with Crippen LogP contribution in [-0.2, 0) is 11.3 Å². The van der Waals surface area contributed by atoms with Crippen LogP contribution >= 0.6 is 0 Å². The first-order valence-electron chi connectivity index (χ1n) is 7.39. The molecule has 2 aliphatic rings. The SMILES string of the molecule is COc1ccc(CN2CC3CCCC3C2C(=O)O)c(F)c1. The molecule has 1 aliphatic carbocycles. The van der Waals surface area contributed by atoms with Gasteiger partial charge in [0.15, 0.2) is 0 Å². The van der Waals surface area contributed by atoms with E-state index in [0.717, 1.165) is 25.8 Å². The third-order valence-corrected chi connectivity index (χ3v) is 4.87. The summed E-state index contributed by atoms with van der Waals surface area (Å²) in [5.41, 5.74) is 0.530. The molecule has 3 unspecified atom stereocenters. The fraction of sp³-hybridized carbons (Fsp3) is 0.562. The van der Waals surface area contributed by atoms with E-state index in [1.807, 2.05) is 4.90 Å². The van der Waals surface area contributed by atoms with Crippen LogP contribution in [0, 0.1) is 17.7 Å². The molecule has 21 heavy (non-hydrogen) atoms. The fourth-order valence-corrected chi connectivity index (χ4v) is 3.90. The van der Waals surface area contributed by atoms with E-state index < -0.39 is 12.0 Å². The average molecular weight is 293 g/mol. The molecule has 3 atom stereocenters. The Bertz CT molecular complexity index is 548. The van der Waals surface area contributed by atoms with Gasteiger partial charge in [-0.25, -0.2) is 4.39 Å². The number of ether oxygens (including phenoxy) is 1. The summed E-state index contributed by atoms with van der Waals surface area (Å²) >= 11 is 0. The summed E-state index contributed by atoms with van der Waals surface area (Å²) < 4.78 is 19.0. The largest absolute Gasteiger partial charge is 0.497 e. The summed E-state index contributed by atoms with van der Waals surface area (Å²) in [7, 11) is 1.50. The average Bonchev–Trinajstić information content (AvgIpc) is 3.00. The molecule has 2 fully saturated rings. The highest BCUT2D eigenvalue weighted by Crippen LogP contribution is 2.42. The lowest BCUT2D eigenvalue weighted by Gasteiger charge is -2.24. The molecule has 1 aromatic carbocycles. The van der Waals surface area contributed by atoms with Crippen LogP contribution in [-0.4, -0.2) is 35.7 Å². The Morgan fingerprint density at radius 2 is 2.29 bits per heavy atom. The van der Waals surface area contributed by atoms with Gasteiger partial charge in [0.05, 0.1) is 7.11 Å². The number of carbonyl (C=O) groups is 1. The maximum Gasteiger partial charge on any atom is 0.321 e. The van der Waals surface area contributed by atoms with Crippen LogP contribution in [0.3, 0.4) is 0 Å². The molecule has 114 valence electrons. The number of hydrogen-bond acceptors (Lipinski definition) is 3. The van der Waals surface area contributed by atoms with Crippen LogP contribution in [0.25, 0.3) is 0 Å². The van der Waals surface area contributed by atoms with Gasteiger partial charge < -0.3 is 9.84 Å². The predicted molar refractivity (Wildman–Crippen MR) is 75.6 cm³/mol. The first-order valence-corrected chi connectivity index (χ1v) is 7.39.